The van der Waals surface area contributed by atoms with E-state index in [0.29, 0.717) is 22.4 Å². The third kappa shape index (κ3) is 4.10. The Labute approximate surface area is 128 Å². The van der Waals surface area contributed by atoms with E-state index in [2.05, 4.69) is 17.2 Å². The Balaban J connectivity index is 1.95. The van der Waals surface area contributed by atoms with Crippen LogP contribution in [0.2, 0.25) is 10.0 Å². The van der Waals surface area contributed by atoms with Crippen molar-refractivity contribution >= 4 is 23.2 Å². The lowest BCUT2D eigenvalue weighted by Gasteiger charge is -2.09. The number of benzene rings is 1. The van der Waals surface area contributed by atoms with Crippen molar-refractivity contribution in [2.45, 2.75) is 20.1 Å². The van der Waals surface area contributed by atoms with E-state index in [1.807, 2.05) is 18.3 Å². The van der Waals surface area contributed by atoms with Crippen LogP contribution in [0.5, 0.6) is 5.75 Å². The number of ether oxygens (including phenoxy) is 1. The van der Waals surface area contributed by atoms with E-state index in [1.54, 1.807) is 18.2 Å². The van der Waals surface area contributed by atoms with E-state index in [0.717, 1.165) is 24.3 Å². The topological polar surface area (TPSA) is 34.1 Å². The van der Waals surface area contributed by atoms with Crippen molar-refractivity contribution < 1.29 is 4.74 Å². The molecule has 1 aromatic carbocycles. The second kappa shape index (κ2) is 7.48. The lowest BCUT2D eigenvalue weighted by molar-refractivity contribution is 0.301. The van der Waals surface area contributed by atoms with Gasteiger partial charge >= 0.3 is 0 Å². The molecule has 106 valence electrons. The molecule has 0 aliphatic heterocycles. The fraction of sp³-hybridized carbons (Fsp3) is 0.267. The van der Waals surface area contributed by atoms with Gasteiger partial charge in [0.15, 0.2) is 0 Å². The van der Waals surface area contributed by atoms with Crippen LogP contribution in [0.25, 0.3) is 0 Å². The maximum absolute atomic E-state index is 6.06. The van der Waals surface area contributed by atoms with Crippen LogP contribution in [-0.4, -0.2) is 11.5 Å². The summed E-state index contributed by atoms with van der Waals surface area (Å²) in [5, 5.41) is 4.17. The van der Waals surface area contributed by atoms with Gasteiger partial charge in [0.2, 0.25) is 0 Å². The minimum atomic E-state index is 0.363. The molecule has 0 atom stereocenters. The lowest BCUT2D eigenvalue weighted by Crippen LogP contribution is -2.12. The van der Waals surface area contributed by atoms with E-state index in [4.69, 9.17) is 27.9 Å². The minimum Gasteiger partial charge on any atom is -0.486 e. The molecule has 5 heteroatoms. The summed E-state index contributed by atoms with van der Waals surface area (Å²) in [6.07, 6.45) is 1.85. The van der Waals surface area contributed by atoms with Crippen LogP contribution in [0.4, 0.5) is 0 Å². The van der Waals surface area contributed by atoms with Crippen LogP contribution in [0, 0.1) is 0 Å². The highest BCUT2D eigenvalue weighted by molar-refractivity contribution is 6.42. The molecule has 0 fully saturated rings. The Bertz CT molecular complexity index is 558. The van der Waals surface area contributed by atoms with Gasteiger partial charge in [-0.3, -0.25) is 4.98 Å². The molecule has 0 spiro atoms. The largest absolute Gasteiger partial charge is 0.486 e. The predicted molar refractivity (Wildman–Crippen MR) is 82.4 cm³/mol. The van der Waals surface area contributed by atoms with Crippen LogP contribution in [0.15, 0.2) is 36.5 Å². The predicted octanol–water partition coefficient (Wildman–Crippen LogP) is 4.08. The van der Waals surface area contributed by atoms with Gasteiger partial charge in [0.25, 0.3) is 0 Å². The molecule has 0 amide bonds. The monoisotopic (exact) mass is 310 g/mol. The summed E-state index contributed by atoms with van der Waals surface area (Å²) in [7, 11) is 0. The Morgan fingerprint density at radius 3 is 2.75 bits per heavy atom. The third-order valence-electron chi connectivity index (χ3n) is 2.76. The SMILES string of the molecule is CCNCc1ccc(COc2cccc(Cl)c2Cl)nc1. The lowest BCUT2D eigenvalue weighted by atomic mass is 10.2. The molecule has 1 aromatic heterocycles. The van der Waals surface area contributed by atoms with Gasteiger partial charge in [0.1, 0.15) is 17.4 Å². The normalized spacial score (nSPS) is 10.6. The molecule has 0 unspecified atom stereocenters. The number of hydrogen-bond donors (Lipinski definition) is 1. The van der Waals surface area contributed by atoms with Crippen molar-refractivity contribution in [2.75, 3.05) is 6.54 Å². The van der Waals surface area contributed by atoms with Crippen molar-refractivity contribution in [3.05, 3.63) is 57.8 Å². The molecule has 1 heterocycles. The quantitative estimate of drug-likeness (QED) is 0.873. The van der Waals surface area contributed by atoms with E-state index in [-0.39, 0.29) is 0 Å². The second-order valence-corrected chi connectivity index (χ2v) is 5.06. The molecule has 2 rings (SSSR count). The summed E-state index contributed by atoms with van der Waals surface area (Å²) in [6.45, 7) is 4.20. The third-order valence-corrected chi connectivity index (χ3v) is 3.56. The smallest absolute Gasteiger partial charge is 0.140 e. The van der Waals surface area contributed by atoms with Crippen molar-refractivity contribution in [1.29, 1.82) is 0 Å². The number of nitrogens with one attached hydrogen (secondary N) is 1. The summed E-state index contributed by atoms with van der Waals surface area (Å²) in [5.41, 5.74) is 2.00. The number of pyridine rings is 1. The summed E-state index contributed by atoms with van der Waals surface area (Å²) in [5.74, 6) is 0.567. The Morgan fingerprint density at radius 1 is 1.20 bits per heavy atom. The van der Waals surface area contributed by atoms with Crippen molar-refractivity contribution in [3.8, 4) is 5.75 Å². The number of rotatable bonds is 6. The van der Waals surface area contributed by atoms with Crippen LogP contribution in [-0.2, 0) is 13.2 Å². The second-order valence-electron chi connectivity index (χ2n) is 4.28. The van der Waals surface area contributed by atoms with Gasteiger partial charge in [0.05, 0.1) is 10.7 Å². The number of hydrogen-bond acceptors (Lipinski definition) is 3. The molecule has 0 saturated carbocycles. The molecule has 20 heavy (non-hydrogen) atoms. The molecule has 0 saturated heterocycles. The highest BCUT2D eigenvalue weighted by atomic mass is 35.5. The van der Waals surface area contributed by atoms with Crippen LogP contribution in [0.3, 0.4) is 0 Å². The van der Waals surface area contributed by atoms with Crippen LogP contribution in [0.1, 0.15) is 18.2 Å². The van der Waals surface area contributed by atoms with Gasteiger partial charge in [-0.15, -0.1) is 0 Å². The van der Waals surface area contributed by atoms with Crippen molar-refractivity contribution in [2.24, 2.45) is 0 Å². The molecule has 1 N–H and O–H groups in total. The van der Waals surface area contributed by atoms with E-state index < -0.39 is 0 Å². The molecule has 0 aliphatic carbocycles. The Kier molecular flexibility index (Phi) is 5.65. The van der Waals surface area contributed by atoms with Gasteiger partial charge in [-0.05, 0) is 30.3 Å². The summed E-state index contributed by atoms with van der Waals surface area (Å²) >= 11 is 12.0. The molecule has 3 nitrogen and oxygen atoms in total. The zero-order chi connectivity index (χ0) is 14.4. The average molecular weight is 311 g/mol. The number of nitrogens with zero attached hydrogens (tertiary/aromatic N) is 1. The van der Waals surface area contributed by atoms with Crippen molar-refractivity contribution in [1.82, 2.24) is 10.3 Å². The fourth-order valence-electron chi connectivity index (χ4n) is 1.66. The van der Waals surface area contributed by atoms with Gasteiger partial charge in [0, 0.05) is 12.7 Å². The van der Waals surface area contributed by atoms with E-state index in [1.165, 1.54) is 0 Å². The van der Waals surface area contributed by atoms with Crippen LogP contribution < -0.4 is 10.1 Å². The van der Waals surface area contributed by atoms with Gasteiger partial charge in [-0.25, -0.2) is 0 Å². The van der Waals surface area contributed by atoms with E-state index in [9.17, 15) is 0 Å². The first-order valence-electron chi connectivity index (χ1n) is 6.42. The molecule has 2 aromatic rings. The molecular formula is C15H16Cl2N2O. The molecule has 0 radical (unpaired) electrons. The highest BCUT2D eigenvalue weighted by Gasteiger charge is 2.06. The molecular weight excluding hydrogens is 295 g/mol. The molecule has 0 bridgehead atoms. The number of halogens is 2. The maximum atomic E-state index is 6.06. The van der Waals surface area contributed by atoms with Crippen molar-refractivity contribution in [3.63, 3.8) is 0 Å². The Morgan fingerprint density at radius 2 is 2.05 bits per heavy atom. The number of aromatic nitrogens is 1. The first-order chi connectivity index (χ1) is 9.70. The summed E-state index contributed by atoms with van der Waals surface area (Å²) in [4.78, 5) is 4.36. The maximum Gasteiger partial charge on any atom is 0.140 e. The van der Waals surface area contributed by atoms with Crippen LogP contribution >= 0.6 is 23.2 Å². The van der Waals surface area contributed by atoms with Gasteiger partial charge < -0.3 is 10.1 Å². The van der Waals surface area contributed by atoms with Gasteiger partial charge in [-0.2, -0.15) is 0 Å². The first-order valence-corrected chi connectivity index (χ1v) is 7.17. The first kappa shape index (κ1) is 15.1. The average Bonchev–Trinajstić information content (AvgIpc) is 2.48. The zero-order valence-electron chi connectivity index (χ0n) is 11.2. The highest BCUT2D eigenvalue weighted by Crippen LogP contribution is 2.31. The van der Waals surface area contributed by atoms with E-state index >= 15 is 0 Å². The van der Waals surface area contributed by atoms with Gasteiger partial charge in [-0.1, -0.05) is 42.3 Å². The fourth-order valence-corrected chi connectivity index (χ4v) is 2.01. The summed E-state index contributed by atoms with van der Waals surface area (Å²) < 4.78 is 5.63. The standard InChI is InChI=1S/C15H16Cl2N2O/c1-2-18-8-11-6-7-12(19-9-11)10-20-14-5-3-4-13(16)15(14)17/h3-7,9,18H,2,8,10H2,1H3. The zero-order valence-corrected chi connectivity index (χ0v) is 12.7. The molecule has 0 aliphatic rings. The minimum absolute atomic E-state index is 0.363. The Hall–Kier alpha value is -1.29. The summed E-state index contributed by atoms with van der Waals surface area (Å²) in [6, 6.07) is 9.30.